The normalized spacial score (nSPS) is 13.3. The summed E-state index contributed by atoms with van der Waals surface area (Å²) in [5.41, 5.74) is 1.86. The van der Waals surface area contributed by atoms with Gasteiger partial charge in [0.15, 0.2) is 0 Å². The summed E-state index contributed by atoms with van der Waals surface area (Å²) < 4.78 is 82.9. The van der Waals surface area contributed by atoms with Crippen molar-refractivity contribution in [1.82, 2.24) is 15.1 Å². The molecule has 1 heterocycles. The van der Waals surface area contributed by atoms with Gasteiger partial charge in [-0.3, -0.25) is 4.79 Å². The molecule has 2 atom stereocenters. The minimum atomic E-state index is -4.89. The average molecular weight is 634 g/mol. The Labute approximate surface area is 254 Å². The number of nitrogens with zero attached hydrogens (tertiary/aromatic N) is 2. The Morgan fingerprint density at radius 2 is 1.49 bits per heavy atom. The van der Waals surface area contributed by atoms with Gasteiger partial charge >= 0.3 is 18.5 Å². The highest BCUT2D eigenvalue weighted by Gasteiger charge is 2.33. The lowest BCUT2D eigenvalue weighted by molar-refractivity contribution is -0.274. The van der Waals surface area contributed by atoms with E-state index in [1.807, 2.05) is 6.92 Å². The van der Waals surface area contributed by atoms with Crippen LogP contribution in [0.4, 0.5) is 26.3 Å². The van der Waals surface area contributed by atoms with Gasteiger partial charge in [0.1, 0.15) is 5.75 Å². The Morgan fingerprint density at radius 3 is 1.98 bits per heavy atom. The Bertz CT molecular complexity index is 1640. The van der Waals surface area contributed by atoms with Gasteiger partial charge in [-0.25, -0.2) is 9.48 Å². The Balaban J connectivity index is 1.72. The van der Waals surface area contributed by atoms with E-state index < -0.39 is 47.7 Å². The van der Waals surface area contributed by atoms with E-state index in [4.69, 9.17) is 0 Å². The molecule has 0 saturated heterocycles. The topological polar surface area (TPSA) is 93.5 Å². The lowest BCUT2D eigenvalue weighted by Crippen LogP contribution is -2.33. The first kappa shape index (κ1) is 33.1. The molecule has 0 spiro atoms. The lowest BCUT2D eigenvalue weighted by Gasteiger charge is -2.29. The van der Waals surface area contributed by atoms with Gasteiger partial charge in [0.2, 0.25) is 0 Å². The minimum absolute atomic E-state index is 0.0637. The molecular weight excluding hydrogens is 604 g/mol. The lowest BCUT2D eigenvalue weighted by atomic mass is 9.83. The van der Waals surface area contributed by atoms with Crippen LogP contribution >= 0.6 is 0 Å². The van der Waals surface area contributed by atoms with Gasteiger partial charge in [0, 0.05) is 17.7 Å². The largest absolute Gasteiger partial charge is 0.573 e. The molecule has 1 amide bonds. The number of amides is 1. The van der Waals surface area contributed by atoms with E-state index in [9.17, 15) is 41.0 Å². The molecule has 238 valence electrons. The van der Waals surface area contributed by atoms with E-state index in [2.05, 4.69) is 15.2 Å². The summed E-state index contributed by atoms with van der Waals surface area (Å²) in [5, 5.41) is 16.2. The maximum Gasteiger partial charge on any atom is 0.573 e. The first-order chi connectivity index (χ1) is 21.1. The van der Waals surface area contributed by atoms with Crippen molar-refractivity contribution in [1.29, 1.82) is 0 Å². The maximum atomic E-state index is 13.7. The first-order valence-electron chi connectivity index (χ1n) is 13.8. The second-order valence-corrected chi connectivity index (χ2v) is 10.5. The van der Waals surface area contributed by atoms with Gasteiger partial charge < -0.3 is 15.2 Å². The van der Waals surface area contributed by atoms with Crippen molar-refractivity contribution in [2.75, 3.05) is 0 Å². The number of halogens is 6. The third kappa shape index (κ3) is 8.02. The zero-order valence-electron chi connectivity index (χ0n) is 24.3. The number of hydrogen-bond donors (Lipinski definition) is 2. The third-order valence-corrected chi connectivity index (χ3v) is 7.24. The van der Waals surface area contributed by atoms with Crippen molar-refractivity contribution in [3.8, 4) is 11.4 Å². The van der Waals surface area contributed by atoms with Crippen molar-refractivity contribution in [2.24, 2.45) is 0 Å². The Morgan fingerprint density at radius 1 is 0.911 bits per heavy atom. The van der Waals surface area contributed by atoms with Gasteiger partial charge in [0.25, 0.3) is 5.91 Å². The van der Waals surface area contributed by atoms with Crippen LogP contribution in [0.2, 0.25) is 0 Å². The van der Waals surface area contributed by atoms with Crippen molar-refractivity contribution < 1.29 is 45.8 Å². The van der Waals surface area contributed by atoms with E-state index in [1.54, 1.807) is 26.0 Å². The summed E-state index contributed by atoms with van der Waals surface area (Å²) in [6.45, 7) is 5.19. The van der Waals surface area contributed by atoms with E-state index >= 15 is 0 Å². The van der Waals surface area contributed by atoms with Crippen LogP contribution in [-0.4, -0.2) is 33.1 Å². The summed E-state index contributed by atoms with van der Waals surface area (Å²) in [6, 6.07) is 13.5. The number of aromatic nitrogens is 2. The fourth-order valence-corrected chi connectivity index (χ4v) is 5.27. The van der Waals surface area contributed by atoms with Crippen molar-refractivity contribution in [3.63, 3.8) is 0 Å². The maximum absolute atomic E-state index is 13.7. The number of carbonyl (C=O) groups excluding carboxylic acids is 1. The van der Waals surface area contributed by atoms with E-state index in [1.165, 1.54) is 36.4 Å². The molecular formula is C32H29F6N3O4. The Hall–Kier alpha value is -4.81. The molecule has 0 fully saturated rings. The number of ether oxygens (including phenoxy) is 1. The third-order valence-electron chi connectivity index (χ3n) is 7.24. The molecule has 2 N–H and O–H groups in total. The number of carboxylic acid groups (broad SMARTS) is 1. The van der Waals surface area contributed by atoms with Gasteiger partial charge in [-0.1, -0.05) is 37.6 Å². The molecule has 4 aromatic rings. The molecule has 45 heavy (non-hydrogen) atoms. The molecule has 13 heteroatoms. The standard InChI is InChI=1S/C32H29F6N3O4/c1-4-5-26(20-6-8-22(9-7-20)30(43)44)27(21-10-12-25(13-11-21)45-32(36,37)38)40-29(42)23-14-18(2)28(19(3)15-23)41-17-24(16-39-41)31(33,34)35/h6-17,26-27H,4-5H2,1-3H3,(H,40,42)(H,43,44). The number of benzene rings is 3. The van der Waals surface area contributed by atoms with Crippen molar-refractivity contribution in [2.45, 2.75) is 58.1 Å². The van der Waals surface area contributed by atoms with Gasteiger partial charge in [0.05, 0.1) is 29.1 Å². The van der Waals surface area contributed by atoms with Crippen molar-refractivity contribution >= 4 is 11.9 Å². The first-order valence-corrected chi connectivity index (χ1v) is 13.8. The monoisotopic (exact) mass is 633 g/mol. The smallest absolute Gasteiger partial charge is 0.478 e. The highest BCUT2D eigenvalue weighted by molar-refractivity contribution is 5.95. The predicted molar refractivity (Wildman–Crippen MR) is 152 cm³/mol. The molecule has 0 aliphatic heterocycles. The summed E-state index contributed by atoms with van der Waals surface area (Å²) in [4.78, 5) is 25.1. The summed E-state index contributed by atoms with van der Waals surface area (Å²) in [7, 11) is 0. The van der Waals surface area contributed by atoms with Crippen LogP contribution in [0, 0.1) is 13.8 Å². The summed E-state index contributed by atoms with van der Waals surface area (Å²) in [5.74, 6) is -2.50. The van der Waals surface area contributed by atoms with Gasteiger partial charge in [-0.2, -0.15) is 18.3 Å². The quantitative estimate of drug-likeness (QED) is 0.172. The van der Waals surface area contributed by atoms with E-state index in [-0.39, 0.29) is 11.1 Å². The highest BCUT2D eigenvalue weighted by Crippen LogP contribution is 2.37. The fourth-order valence-electron chi connectivity index (χ4n) is 5.27. The highest BCUT2D eigenvalue weighted by atomic mass is 19.4. The fraction of sp³-hybridized carbons (Fsp3) is 0.281. The number of carbonyl (C=O) groups is 2. The van der Waals surface area contributed by atoms with Crippen LogP contribution in [0.5, 0.6) is 5.75 Å². The molecule has 3 aromatic carbocycles. The number of aromatic carboxylic acids is 1. The minimum Gasteiger partial charge on any atom is -0.478 e. The van der Waals surface area contributed by atoms with Crippen LogP contribution in [0.3, 0.4) is 0 Å². The molecule has 0 aliphatic carbocycles. The molecule has 0 radical (unpaired) electrons. The Kier molecular flexibility index (Phi) is 9.59. The predicted octanol–water partition coefficient (Wildman–Crippen LogP) is 8.16. The number of hydrogen-bond acceptors (Lipinski definition) is 4. The zero-order valence-corrected chi connectivity index (χ0v) is 24.3. The van der Waals surface area contributed by atoms with Gasteiger partial charge in [-0.05, 0) is 78.9 Å². The average Bonchev–Trinajstić information content (AvgIpc) is 3.45. The van der Waals surface area contributed by atoms with E-state index in [0.717, 1.165) is 23.0 Å². The molecule has 2 unspecified atom stereocenters. The molecule has 4 rings (SSSR count). The molecule has 7 nitrogen and oxygen atoms in total. The molecule has 0 bridgehead atoms. The number of rotatable bonds is 10. The number of carboxylic acids is 1. The van der Waals surface area contributed by atoms with Crippen LogP contribution in [-0.2, 0) is 6.18 Å². The summed E-state index contributed by atoms with van der Waals surface area (Å²) >= 11 is 0. The second-order valence-electron chi connectivity index (χ2n) is 10.5. The van der Waals surface area contributed by atoms with Gasteiger partial charge in [-0.15, -0.1) is 13.2 Å². The number of alkyl halides is 6. The zero-order chi connectivity index (χ0) is 33.1. The molecule has 1 aromatic heterocycles. The number of aryl methyl sites for hydroxylation is 2. The van der Waals surface area contributed by atoms with Crippen LogP contribution in [0.25, 0.3) is 5.69 Å². The van der Waals surface area contributed by atoms with Crippen LogP contribution < -0.4 is 10.1 Å². The molecule has 0 aliphatic rings. The van der Waals surface area contributed by atoms with Crippen LogP contribution in [0.1, 0.15) is 80.3 Å². The van der Waals surface area contributed by atoms with E-state index in [0.29, 0.717) is 47.0 Å². The van der Waals surface area contributed by atoms with Crippen LogP contribution in [0.15, 0.2) is 73.1 Å². The second kappa shape index (κ2) is 13.0. The molecule has 0 saturated carbocycles. The summed E-state index contributed by atoms with van der Waals surface area (Å²) in [6.07, 6.45) is -6.71. The number of nitrogens with one attached hydrogen (secondary N) is 1. The SMILES string of the molecule is CCCC(c1ccc(C(=O)O)cc1)C(NC(=O)c1cc(C)c(-n2cc(C(F)(F)F)cn2)c(C)c1)c1ccc(OC(F)(F)F)cc1. The van der Waals surface area contributed by atoms with Crippen molar-refractivity contribution in [3.05, 3.63) is 112 Å².